The van der Waals surface area contributed by atoms with E-state index in [2.05, 4.69) is 10.3 Å². The molecule has 0 unspecified atom stereocenters. The van der Waals surface area contributed by atoms with Gasteiger partial charge in [-0.1, -0.05) is 24.3 Å². The lowest BCUT2D eigenvalue weighted by atomic mass is 9.93. The standard InChI is InChI=1S/C22H28N4O3/c1-26(21(28)12-23)14-15-3-2-4-16(11-15)17-5-10-20(24-13-17)22(29)25-18-6-8-19(27)9-7-18/h2-5,10-11,13,18-19,27H,6-9,12,14,23H2,1H3,(H,25,29)/t18-,19-. The van der Waals surface area contributed by atoms with Crippen LogP contribution in [-0.4, -0.2) is 52.5 Å². The first kappa shape index (κ1) is 21.0. The van der Waals surface area contributed by atoms with E-state index in [1.165, 1.54) is 0 Å². The Bertz CT molecular complexity index is 845. The number of pyridine rings is 1. The van der Waals surface area contributed by atoms with Crippen LogP contribution < -0.4 is 11.1 Å². The summed E-state index contributed by atoms with van der Waals surface area (Å²) in [6.45, 7) is 0.471. The molecule has 1 saturated carbocycles. The van der Waals surface area contributed by atoms with Gasteiger partial charge in [0.1, 0.15) is 5.69 Å². The molecule has 1 fully saturated rings. The number of aromatic nitrogens is 1. The van der Waals surface area contributed by atoms with Crippen molar-refractivity contribution in [2.24, 2.45) is 5.73 Å². The summed E-state index contributed by atoms with van der Waals surface area (Å²) in [6, 6.07) is 11.6. The monoisotopic (exact) mass is 396 g/mol. The van der Waals surface area contributed by atoms with E-state index in [9.17, 15) is 14.7 Å². The third-order valence-corrected chi connectivity index (χ3v) is 5.31. The van der Waals surface area contributed by atoms with Crippen LogP contribution in [0.25, 0.3) is 11.1 Å². The predicted octanol–water partition coefficient (Wildman–Crippen LogP) is 1.70. The first-order chi connectivity index (χ1) is 14.0. The lowest BCUT2D eigenvalue weighted by molar-refractivity contribution is -0.128. The zero-order valence-corrected chi connectivity index (χ0v) is 16.7. The number of aliphatic hydroxyl groups is 1. The fourth-order valence-electron chi connectivity index (χ4n) is 3.55. The predicted molar refractivity (Wildman–Crippen MR) is 111 cm³/mol. The van der Waals surface area contributed by atoms with E-state index < -0.39 is 0 Å². The minimum atomic E-state index is -0.246. The maximum absolute atomic E-state index is 12.4. The number of carbonyl (C=O) groups is 2. The van der Waals surface area contributed by atoms with Crippen molar-refractivity contribution in [3.8, 4) is 11.1 Å². The van der Waals surface area contributed by atoms with Gasteiger partial charge >= 0.3 is 0 Å². The van der Waals surface area contributed by atoms with Gasteiger partial charge in [-0.25, -0.2) is 0 Å². The summed E-state index contributed by atoms with van der Waals surface area (Å²) in [5, 5.41) is 12.6. The van der Waals surface area contributed by atoms with Gasteiger partial charge < -0.3 is 21.1 Å². The lowest BCUT2D eigenvalue weighted by Crippen LogP contribution is -2.38. The van der Waals surface area contributed by atoms with Crippen molar-refractivity contribution < 1.29 is 14.7 Å². The van der Waals surface area contributed by atoms with Crippen LogP contribution in [0.3, 0.4) is 0 Å². The maximum atomic E-state index is 12.4. The highest BCUT2D eigenvalue weighted by atomic mass is 16.3. The van der Waals surface area contributed by atoms with Gasteiger partial charge in [0.05, 0.1) is 12.6 Å². The van der Waals surface area contributed by atoms with E-state index in [0.717, 1.165) is 42.4 Å². The van der Waals surface area contributed by atoms with Crippen LogP contribution in [0.15, 0.2) is 42.6 Å². The Morgan fingerprint density at radius 1 is 1.17 bits per heavy atom. The fourth-order valence-corrected chi connectivity index (χ4v) is 3.55. The smallest absolute Gasteiger partial charge is 0.270 e. The summed E-state index contributed by atoms with van der Waals surface area (Å²) in [6.07, 6.45) is 4.47. The number of nitrogens with two attached hydrogens (primary N) is 1. The number of likely N-dealkylation sites (N-methyl/N-ethyl adjacent to an activating group) is 1. The minimum Gasteiger partial charge on any atom is -0.393 e. The molecule has 4 N–H and O–H groups in total. The number of nitrogens with zero attached hydrogens (tertiary/aromatic N) is 2. The van der Waals surface area contributed by atoms with Crippen molar-refractivity contribution in [2.75, 3.05) is 13.6 Å². The maximum Gasteiger partial charge on any atom is 0.270 e. The summed E-state index contributed by atoms with van der Waals surface area (Å²) >= 11 is 0. The summed E-state index contributed by atoms with van der Waals surface area (Å²) in [5.74, 6) is -0.298. The molecule has 3 rings (SSSR count). The highest BCUT2D eigenvalue weighted by Gasteiger charge is 2.21. The van der Waals surface area contributed by atoms with Crippen LogP contribution in [0.4, 0.5) is 0 Å². The van der Waals surface area contributed by atoms with Crippen molar-refractivity contribution in [3.05, 3.63) is 53.9 Å². The lowest BCUT2D eigenvalue weighted by Gasteiger charge is -2.26. The molecule has 29 heavy (non-hydrogen) atoms. The number of aliphatic hydroxyl groups excluding tert-OH is 1. The van der Waals surface area contributed by atoms with Crippen LogP contribution in [0.2, 0.25) is 0 Å². The molecule has 1 aromatic carbocycles. The molecule has 0 aliphatic heterocycles. The number of amides is 2. The molecule has 2 amide bonds. The molecular formula is C22H28N4O3. The Hall–Kier alpha value is -2.77. The van der Waals surface area contributed by atoms with Crippen molar-refractivity contribution in [1.82, 2.24) is 15.2 Å². The quantitative estimate of drug-likeness (QED) is 0.689. The van der Waals surface area contributed by atoms with Crippen LogP contribution in [0.5, 0.6) is 0 Å². The van der Waals surface area contributed by atoms with E-state index in [1.807, 2.05) is 30.3 Å². The third kappa shape index (κ3) is 5.62. The molecule has 7 heteroatoms. The largest absolute Gasteiger partial charge is 0.393 e. The molecule has 1 heterocycles. The number of benzene rings is 1. The van der Waals surface area contributed by atoms with Crippen molar-refractivity contribution >= 4 is 11.8 Å². The van der Waals surface area contributed by atoms with Crippen LogP contribution in [-0.2, 0) is 11.3 Å². The van der Waals surface area contributed by atoms with Gasteiger partial charge in [-0.3, -0.25) is 14.6 Å². The summed E-state index contributed by atoms with van der Waals surface area (Å²) in [5.41, 5.74) is 8.65. The zero-order chi connectivity index (χ0) is 20.8. The number of hydrogen-bond acceptors (Lipinski definition) is 5. The summed E-state index contributed by atoms with van der Waals surface area (Å²) < 4.78 is 0. The van der Waals surface area contributed by atoms with E-state index in [0.29, 0.717) is 12.2 Å². The first-order valence-electron chi connectivity index (χ1n) is 9.94. The molecule has 2 aromatic rings. The second-order valence-electron chi connectivity index (χ2n) is 7.57. The number of rotatable bonds is 6. The summed E-state index contributed by atoms with van der Waals surface area (Å²) in [7, 11) is 1.73. The minimum absolute atomic E-state index is 0.00885. The third-order valence-electron chi connectivity index (χ3n) is 5.31. The fraction of sp³-hybridized carbons (Fsp3) is 0.409. The molecule has 0 spiro atoms. The SMILES string of the molecule is CN(Cc1cccc(-c2ccc(C(=O)N[C@H]3CC[C@H](O)CC3)nc2)c1)C(=O)CN. The molecule has 1 aromatic heterocycles. The van der Waals surface area contributed by atoms with Crippen LogP contribution in [0.1, 0.15) is 41.7 Å². The average Bonchev–Trinajstić information content (AvgIpc) is 2.75. The van der Waals surface area contributed by atoms with E-state index in [4.69, 9.17) is 5.73 Å². The van der Waals surface area contributed by atoms with Gasteiger partial charge in [-0.2, -0.15) is 0 Å². The Morgan fingerprint density at radius 2 is 1.93 bits per heavy atom. The van der Waals surface area contributed by atoms with Crippen molar-refractivity contribution in [1.29, 1.82) is 0 Å². The highest BCUT2D eigenvalue weighted by molar-refractivity contribution is 5.92. The van der Waals surface area contributed by atoms with Gasteiger partial charge in [0, 0.05) is 31.4 Å². The molecule has 0 saturated heterocycles. The molecule has 1 aliphatic carbocycles. The normalized spacial score (nSPS) is 18.9. The highest BCUT2D eigenvalue weighted by Crippen LogP contribution is 2.21. The molecule has 7 nitrogen and oxygen atoms in total. The number of carbonyl (C=O) groups excluding carboxylic acids is 2. The van der Waals surface area contributed by atoms with Gasteiger partial charge in [-0.15, -0.1) is 0 Å². The Balaban J connectivity index is 1.64. The molecular weight excluding hydrogens is 368 g/mol. The topological polar surface area (TPSA) is 109 Å². The van der Waals surface area contributed by atoms with Crippen molar-refractivity contribution in [2.45, 2.75) is 44.4 Å². The van der Waals surface area contributed by atoms with Crippen LogP contribution >= 0.6 is 0 Å². The molecule has 154 valence electrons. The average molecular weight is 396 g/mol. The second kappa shape index (κ2) is 9.62. The molecule has 0 bridgehead atoms. The van der Waals surface area contributed by atoms with E-state index in [1.54, 1.807) is 24.2 Å². The van der Waals surface area contributed by atoms with Gasteiger partial charge in [0.2, 0.25) is 5.91 Å². The molecule has 0 atom stereocenters. The van der Waals surface area contributed by atoms with Gasteiger partial charge in [0.25, 0.3) is 5.91 Å². The summed E-state index contributed by atoms with van der Waals surface area (Å²) in [4.78, 5) is 30.0. The Labute approximate surface area is 170 Å². The molecule has 1 aliphatic rings. The first-order valence-corrected chi connectivity index (χ1v) is 9.94. The molecule has 0 radical (unpaired) electrons. The Kier molecular flexibility index (Phi) is 6.95. The van der Waals surface area contributed by atoms with E-state index in [-0.39, 0.29) is 30.5 Å². The van der Waals surface area contributed by atoms with Crippen molar-refractivity contribution in [3.63, 3.8) is 0 Å². The Morgan fingerprint density at radius 3 is 2.59 bits per heavy atom. The van der Waals surface area contributed by atoms with E-state index >= 15 is 0 Å². The van der Waals surface area contributed by atoms with Gasteiger partial charge in [0.15, 0.2) is 0 Å². The zero-order valence-electron chi connectivity index (χ0n) is 16.7. The van der Waals surface area contributed by atoms with Gasteiger partial charge in [-0.05, 0) is 48.9 Å². The number of hydrogen-bond donors (Lipinski definition) is 3. The number of nitrogens with one attached hydrogen (secondary N) is 1. The van der Waals surface area contributed by atoms with Crippen LogP contribution in [0, 0.1) is 0 Å². The second-order valence-corrected chi connectivity index (χ2v) is 7.57.